The molecule has 122 valence electrons. The fourth-order valence-electron chi connectivity index (χ4n) is 3.27. The van der Waals surface area contributed by atoms with E-state index in [2.05, 4.69) is 13.0 Å². The summed E-state index contributed by atoms with van der Waals surface area (Å²) in [5.41, 5.74) is 9.54. The molecule has 4 rings (SSSR count). The zero-order chi connectivity index (χ0) is 16.8. The Labute approximate surface area is 143 Å². The first-order valence-electron chi connectivity index (χ1n) is 8.04. The molecule has 0 saturated heterocycles. The Balaban J connectivity index is 1.80. The zero-order valence-corrected chi connectivity index (χ0v) is 14.1. The van der Waals surface area contributed by atoms with Crippen LogP contribution in [-0.2, 0) is 12.8 Å². The highest BCUT2D eigenvalue weighted by molar-refractivity contribution is 7.21. The minimum absolute atomic E-state index is 0.179. The minimum atomic E-state index is -0.362. The fourth-order valence-corrected chi connectivity index (χ4v) is 4.33. The highest BCUT2D eigenvalue weighted by atomic mass is 32.1. The van der Waals surface area contributed by atoms with Crippen LogP contribution < -0.4 is 5.73 Å². The average molecular weight is 340 g/mol. The summed E-state index contributed by atoms with van der Waals surface area (Å²) in [6, 6.07) is 7.65. The van der Waals surface area contributed by atoms with Gasteiger partial charge >= 0.3 is 0 Å². The van der Waals surface area contributed by atoms with E-state index >= 15 is 0 Å². The molecule has 0 aliphatic heterocycles. The Hall–Kier alpha value is -2.27. The Morgan fingerprint density at radius 1 is 1.33 bits per heavy atom. The molecule has 0 saturated carbocycles. The molecule has 2 aromatic heterocycles. The van der Waals surface area contributed by atoms with E-state index in [-0.39, 0.29) is 11.6 Å². The van der Waals surface area contributed by atoms with Crippen molar-refractivity contribution < 1.29 is 9.18 Å². The Morgan fingerprint density at radius 2 is 2.08 bits per heavy atom. The maximum Gasteiger partial charge on any atom is 0.205 e. The first kappa shape index (κ1) is 15.3. The van der Waals surface area contributed by atoms with Crippen molar-refractivity contribution in [2.45, 2.75) is 26.2 Å². The fraction of sp³-hybridized carbons (Fsp3) is 0.263. The van der Waals surface area contributed by atoms with Crippen molar-refractivity contribution in [2.24, 2.45) is 5.92 Å². The van der Waals surface area contributed by atoms with Crippen LogP contribution in [0.1, 0.15) is 39.8 Å². The number of rotatable bonds is 2. The van der Waals surface area contributed by atoms with Crippen molar-refractivity contribution in [3.05, 3.63) is 57.8 Å². The number of anilines is 1. The third kappa shape index (κ3) is 2.49. The highest BCUT2D eigenvalue weighted by Gasteiger charge is 2.22. The van der Waals surface area contributed by atoms with Crippen LogP contribution in [0.2, 0.25) is 0 Å². The van der Waals surface area contributed by atoms with Gasteiger partial charge in [0, 0.05) is 16.6 Å². The van der Waals surface area contributed by atoms with Crippen LogP contribution in [0.25, 0.3) is 10.2 Å². The number of benzene rings is 1. The topological polar surface area (TPSA) is 56.0 Å². The summed E-state index contributed by atoms with van der Waals surface area (Å²) in [6.45, 7) is 2.24. The average Bonchev–Trinajstić information content (AvgIpc) is 2.89. The van der Waals surface area contributed by atoms with E-state index in [1.807, 2.05) is 0 Å². The number of carbonyl (C=O) groups is 1. The number of nitrogen functional groups attached to an aromatic ring is 1. The van der Waals surface area contributed by atoms with E-state index < -0.39 is 0 Å². The molecular formula is C19H17FN2OS. The van der Waals surface area contributed by atoms with E-state index in [0.717, 1.165) is 35.2 Å². The summed E-state index contributed by atoms with van der Waals surface area (Å²) in [7, 11) is 0. The first-order valence-corrected chi connectivity index (χ1v) is 8.85. The van der Waals surface area contributed by atoms with Gasteiger partial charge in [-0.2, -0.15) is 0 Å². The number of thiophene rings is 1. The molecule has 24 heavy (non-hydrogen) atoms. The number of hydrogen-bond donors (Lipinski definition) is 1. The summed E-state index contributed by atoms with van der Waals surface area (Å²) < 4.78 is 13.1. The number of ketones is 1. The van der Waals surface area contributed by atoms with Gasteiger partial charge in [0.1, 0.15) is 15.5 Å². The van der Waals surface area contributed by atoms with Gasteiger partial charge in [-0.25, -0.2) is 9.37 Å². The molecule has 2 N–H and O–H groups in total. The monoisotopic (exact) mass is 340 g/mol. The lowest BCUT2D eigenvalue weighted by molar-refractivity contribution is 0.104. The second kappa shape index (κ2) is 5.67. The number of carbonyl (C=O) groups excluding carboxylic acids is 1. The van der Waals surface area contributed by atoms with Gasteiger partial charge in [-0.15, -0.1) is 11.3 Å². The zero-order valence-electron chi connectivity index (χ0n) is 13.3. The normalized spacial score (nSPS) is 17.0. The second-order valence-corrected chi connectivity index (χ2v) is 7.47. The standard InChI is InChI=1S/C19H17FN2OS/c1-10-2-7-15-12(8-10)9-14-16(21)18(24-19(14)22-15)17(23)11-3-5-13(20)6-4-11/h3-6,9-10H,2,7-8,21H2,1H3. The Kier molecular flexibility index (Phi) is 3.61. The number of aromatic nitrogens is 1. The van der Waals surface area contributed by atoms with Crippen LogP contribution in [0.5, 0.6) is 0 Å². The van der Waals surface area contributed by atoms with Crippen molar-refractivity contribution >= 4 is 33.0 Å². The number of fused-ring (bicyclic) bond motifs is 2. The van der Waals surface area contributed by atoms with E-state index in [0.29, 0.717) is 22.0 Å². The van der Waals surface area contributed by atoms with Crippen LogP contribution >= 0.6 is 11.3 Å². The maximum absolute atomic E-state index is 13.1. The lowest BCUT2D eigenvalue weighted by atomic mass is 9.87. The Bertz CT molecular complexity index is 946. The summed E-state index contributed by atoms with van der Waals surface area (Å²) in [5.74, 6) is 0.109. The largest absolute Gasteiger partial charge is 0.397 e. The molecule has 1 atom stereocenters. The van der Waals surface area contributed by atoms with Crippen molar-refractivity contribution in [3.8, 4) is 0 Å². The van der Waals surface area contributed by atoms with E-state index in [1.165, 1.54) is 41.2 Å². The van der Waals surface area contributed by atoms with Crippen molar-refractivity contribution in [3.63, 3.8) is 0 Å². The molecule has 3 aromatic rings. The van der Waals surface area contributed by atoms with Gasteiger partial charge in [-0.05, 0) is 61.1 Å². The van der Waals surface area contributed by atoms with Gasteiger partial charge in [-0.3, -0.25) is 4.79 Å². The number of aryl methyl sites for hydroxylation is 1. The third-order valence-corrected chi connectivity index (χ3v) is 5.76. The van der Waals surface area contributed by atoms with E-state index in [4.69, 9.17) is 10.7 Å². The summed E-state index contributed by atoms with van der Waals surface area (Å²) in [5, 5.41) is 0.860. The molecule has 3 nitrogen and oxygen atoms in total. The smallest absolute Gasteiger partial charge is 0.205 e. The lowest BCUT2D eigenvalue weighted by Gasteiger charge is -2.20. The number of nitrogens with two attached hydrogens (primary N) is 1. The number of pyridine rings is 1. The molecular weight excluding hydrogens is 323 g/mol. The van der Waals surface area contributed by atoms with Gasteiger partial charge in [0.05, 0.1) is 5.69 Å². The van der Waals surface area contributed by atoms with E-state index in [1.54, 1.807) is 0 Å². The maximum atomic E-state index is 13.1. The summed E-state index contributed by atoms with van der Waals surface area (Å²) in [4.78, 5) is 18.7. The molecule has 1 aliphatic rings. The third-order valence-electron chi connectivity index (χ3n) is 4.64. The minimum Gasteiger partial charge on any atom is -0.397 e. The van der Waals surface area contributed by atoms with Crippen LogP contribution in [0.3, 0.4) is 0 Å². The van der Waals surface area contributed by atoms with Gasteiger partial charge in [0.25, 0.3) is 0 Å². The number of nitrogens with zero attached hydrogens (tertiary/aromatic N) is 1. The van der Waals surface area contributed by atoms with Crippen LogP contribution in [0, 0.1) is 11.7 Å². The molecule has 0 fully saturated rings. The second-order valence-electron chi connectivity index (χ2n) is 6.48. The number of halogens is 1. The molecule has 0 bridgehead atoms. The van der Waals surface area contributed by atoms with Gasteiger partial charge < -0.3 is 5.73 Å². The molecule has 0 amide bonds. The SMILES string of the molecule is CC1CCc2nc3sc(C(=O)c4ccc(F)cc4)c(N)c3cc2C1. The molecule has 1 unspecified atom stereocenters. The molecule has 2 heterocycles. The molecule has 0 spiro atoms. The van der Waals surface area contributed by atoms with Crippen LogP contribution in [0.15, 0.2) is 30.3 Å². The summed E-state index contributed by atoms with van der Waals surface area (Å²) >= 11 is 1.33. The van der Waals surface area contributed by atoms with Crippen molar-refractivity contribution in [1.29, 1.82) is 0 Å². The van der Waals surface area contributed by atoms with Crippen LogP contribution in [0.4, 0.5) is 10.1 Å². The number of hydrogen-bond acceptors (Lipinski definition) is 4. The molecule has 1 aliphatic carbocycles. The predicted molar refractivity (Wildman–Crippen MR) is 95.1 cm³/mol. The van der Waals surface area contributed by atoms with Crippen LogP contribution in [-0.4, -0.2) is 10.8 Å². The quantitative estimate of drug-likeness (QED) is 0.705. The summed E-state index contributed by atoms with van der Waals surface area (Å²) in [6.07, 6.45) is 3.13. The van der Waals surface area contributed by atoms with Gasteiger partial charge in [-0.1, -0.05) is 6.92 Å². The first-order chi connectivity index (χ1) is 11.5. The van der Waals surface area contributed by atoms with Gasteiger partial charge in [0.15, 0.2) is 0 Å². The molecule has 0 radical (unpaired) electrons. The predicted octanol–water partition coefficient (Wildman–Crippen LogP) is 4.37. The van der Waals surface area contributed by atoms with Crippen molar-refractivity contribution in [1.82, 2.24) is 4.98 Å². The van der Waals surface area contributed by atoms with Crippen molar-refractivity contribution in [2.75, 3.05) is 5.73 Å². The highest BCUT2D eigenvalue weighted by Crippen LogP contribution is 2.37. The Morgan fingerprint density at radius 3 is 2.83 bits per heavy atom. The van der Waals surface area contributed by atoms with E-state index in [9.17, 15) is 9.18 Å². The molecule has 1 aromatic carbocycles. The molecule has 5 heteroatoms. The lowest BCUT2D eigenvalue weighted by Crippen LogP contribution is -2.12. The van der Waals surface area contributed by atoms with Gasteiger partial charge in [0.2, 0.25) is 5.78 Å².